The van der Waals surface area contributed by atoms with E-state index in [9.17, 15) is 4.79 Å². The normalized spacial score (nSPS) is 11.2. The molecule has 0 saturated carbocycles. The SMILES string of the molecule is CC(C)(C)c1ccc(NC(=O)CO)cn1. The van der Waals surface area contributed by atoms with Crippen molar-refractivity contribution in [3.05, 3.63) is 24.0 Å². The van der Waals surface area contributed by atoms with Crippen LogP contribution in [0, 0.1) is 0 Å². The van der Waals surface area contributed by atoms with Gasteiger partial charge < -0.3 is 10.4 Å². The van der Waals surface area contributed by atoms with Crippen LogP contribution in [0.3, 0.4) is 0 Å². The second kappa shape index (κ2) is 4.40. The van der Waals surface area contributed by atoms with Crippen molar-refractivity contribution < 1.29 is 9.90 Å². The van der Waals surface area contributed by atoms with Crippen molar-refractivity contribution in [1.82, 2.24) is 4.98 Å². The first-order valence-corrected chi connectivity index (χ1v) is 4.81. The van der Waals surface area contributed by atoms with Crippen molar-refractivity contribution in [2.75, 3.05) is 11.9 Å². The van der Waals surface area contributed by atoms with Gasteiger partial charge >= 0.3 is 0 Å². The summed E-state index contributed by atoms with van der Waals surface area (Å²) in [6.07, 6.45) is 1.59. The molecule has 0 unspecified atom stereocenters. The molecule has 1 rings (SSSR count). The summed E-state index contributed by atoms with van der Waals surface area (Å²) in [7, 11) is 0. The van der Waals surface area contributed by atoms with Crippen LogP contribution in [0.5, 0.6) is 0 Å². The second-order valence-corrected chi connectivity index (χ2v) is 4.39. The highest BCUT2D eigenvalue weighted by Gasteiger charge is 2.14. The highest BCUT2D eigenvalue weighted by molar-refractivity contribution is 5.91. The van der Waals surface area contributed by atoms with Crippen LogP contribution in [-0.4, -0.2) is 22.6 Å². The van der Waals surface area contributed by atoms with Crippen LogP contribution in [0.2, 0.25) is 0 Å². The van der Waals surface area contributed by atoms with Crippen LogP contribution in [0.25, 0.3) is 0 Å². The molecule has 4 nitrogen and oxygen atoms in total. The largest absolute Gasteiger partial charge is 0.387 e. The number of nitrogens with one attached hydrogen (secondary N) is 1. The Labute approximate surface area is 89.3 Å². The van der Waals surface area contributed by atoms with Crippen LogP contribution in [0.15, 0.2) is 18.3 Å². The van der Waals surface area contributed by atoms with Gasteiger partial charge in [-0.3, -0.25) is 9.78 Å². The summed E-state index contributed by atoms with van der Waals surface area (Å²) in [4.78, 5) is 15.1. The van der Waals surface area contributed by atoms with E-state index in [1.165, 1.54) is 0 Å². The van der Waals surface area contributed by atoms with Crippen molar-refractivity contribution in [1.29, 1.82) is 0 Å². The molecule has 0 radical (unpaired) electrons. The molecule has 1 amide bonds. The van der Waals surface area contributed by atoms with Crippen molar-refractivity contribution in [3.8, 4) is 0 Å². The molecule has 0 aliphatic rings. The van der Waals surface area contributed by atoms with Gasteiger partial charge in [-0.2, -0.15) is 0 Å². The quantitative estimate of drug-likeness (QED) is 0.770. The number of rotatable bonds is 2. The van der Waals surface area contributed by atoms with Gasteiger partial charge in [0.15, 0.2) is 0 Å². The van der Waals surface area contributed by atoms with E-state index in [1.807, 2.05) is 6.07 Å². The summed E-state index contributed by atoms with van der Waals surface area (Å²) in [5, 5.41) is 11.1. The number of aromatic nitrogens is 1. The van der Waals surface area contributed by atoms with Gasteiger partial charge in [-0.1, -0.05) is 20.8 Å². The summed E-state index contributed by atoms with van der Waals surface area (Å²) < 4.78 is 0. The molecular formula is C11H16N2O2. The predicted molar refractivity (Wildman–Crippen MR) is 58.7 cm³/mol. The van der Waals surface area contributed by atoms with Crippen LogP contribution >= 0.6 is 0 Å². The fourth-order valence-electron chi connectivity index (χ4n) is 1.11. The zero-order chi connectivity index (χ0) is 11.5. The van der Waals surface area contributed by atoms with E-state index >= 15 is 0 Å². The lowest BCUT2D eigenvalue weighted by atomic mass is 9.92. The average molecular weight is 208 g/mol. The van der Waals surface area contributed by atoms with Crippen molar-refractivity contribution in [2.45, 2.75) is 26.2 Å². The van der Waals surface area contributed by atoms with Crippen molar-refractivity contribution in [3.63, 3.8) is 0 Å². The zero-order valence-electron chi connectivity index (χ0n) is 9.24. The molecule has 0 aromatic carbocycles. The maximum absolute atomic E-state index is 10.9. The number of hydrogen-bond acceptors (Lipinski definition) is 3. The Hall–Kier alpha value is -1.42. The second-order valence-electron chi connectivity index (χ2n) is 4.39. The van der Waals surface area contributed by atoms with E-state index in [-0.39, 0.29) is 5.41 Å². The molecule has 1 heterocycles. The molecule has 0 spiro atoms. The number of anilines is 1. The molecular weight excluding hydrogens is 192 g/mol. The summed E-state index contributed by atoms with van der Waals surface area (Å²) in [6.45, 7) is 5.70. The Morgan fingerprint density at radius 3 is 2.53 bits per heavy atom. The number of carbonyl (C=O) groups excluding carboxylic acids is 1. The average Bonchev–Trinajstić information content (AvgIpc) is 2.17. The fraction of sp³-hybridized carbons (Fsp3) is 0.455. The van der Waals surface area contributed by atoms with Crippen molar-refractivity contribution in [2.24, 2.45) is 0 Å². The van der Waals surface area contributed by atoms with E-state index in [2.05, 4.69) is 31.1 Å². The van der Waals surface area contributed by atoms with Crippen molar-refractivity contribution >= 4 is 11.6 Å². The summed E-state index contributed by atoms with van der Waals surface area (Å²) >= 11 is 0. The molecule has 0 aliphatic carbocycles. The topological polar surface area (TPSA) is 62.2 Å². The van der Waals surface area contributed by atoms with Gasteiger partial charge in [0.25, 0.3) is 0 Å². The first-order chi connectivity index (χ1) is 6.93. The van der Waals surface area contributed by atoms with E-state index in [1.54, 1.807) is 12.3 Å². The summed E-state index contributed by atoms with van der Waals surface area (Å²) in [5.41, 5.74) is 1.56. The number of carbonyl (C=O) groups is 1. The lowest BCUT2D eigenvalue weighted by molar-refractivity contribution is -0.118. The third kappa shape index (κ3) is 3.32. The number of nitrogens with zero attached hydrogens (tertiary/aromatic N) is 1. The molecule has 1 aromatic heterocycles. The van der Waals surface area contributed by atoms with Gasteiger partial charge in [-0.25, -0.2) is 0 Å². The van der Waals surface area contributed by atoms with E-state index < -0.39 is 12.5 Å². The number of pyridine rings is 1. The Bertz CT molecular complexity index is 339. The molecule has 0 saturated heterocycles. The highest BCUT2D eigenvalue weighted by atomic mass is 16.3. The fourth-order valence-corrected chi connectivity index (χ4v) is 1.11. The minimum absolute atomic E-state index is 0.000479. The van der Waals surface area contributed by atoms with E-state index in [0.29, 0.717) is 5.69 Å². The third-order valence-corrected chi connectivity index (χ3v) is 1.96. The Morgan fingerprint density at radius 2 is 2.13 bits per heavy atom. The molecule has 4 heteroatoms. The van der Waals surface area contributed by atoms with Crippen LogP contribution < -0.4 is 5.32 Å². The lowest BCUT2D eigenvalue weighted by Crippen LogP contribution is -2.17. The Morgan fingerprint density at radius 1 is 1.47 bits per heavy atom. The molecule has 0 bridgehead atoms. The van der Waals surface area contributed by atoms with Gasteiger partial charge in [0.1, 0.15) is 6.61 Å². The van der Waals surface area contributed by atoms with E-state index in [4.69, 9.17) is 5.11 Å². The minimum atomic E-state index is -0.513. The first-order valence-electron chi connectivity index (χ1n) is 4.81. The monoisotopic (exact) mass is 208 g/mol. The number of aliphatic hydroxyl groups is 1. The number of hydrogen-bond donors (Lipinski definition) is 2. The first kappa shape index (κ1) is 11.7. The molecule has 82 valence electrons. The Balaban J connectivity index is 2.77. The zero-order valence-corrected chi connectivity index (χ0v) is 9.24. The van der Waals surface area contributed by atoms with Gasteiger partial charge in [-0.15, -0.1) is 0 Å². The van der Waals surface area contributed by atoms with Gasteiger partial charge in [0, 0.05) is 11.1 Å². The van der Waals surface area contributed by atoms with Gasteiger partial charge in [0.05, 0.1) is 11.9 Å². The van der Waals surface area contributed by atoms with Gasteiger partial charge in [0.2, 0.25) is 5.91 Å². The molecule has 0 aliphatic heterocycles. The summed E-state index contributed by atoms with van der Waals surface area (Å²) in [5.74, 6) is -0.430. The molecule has 15 heavy (non-hydrogen) atoms. The maximum Gasteiger partial charge on any atom is 0.250 e. The van der Waals surface area contributed by atoms with Gasteiger partial charge in [-0.05, 0) is 12.1 Å². The lowest BCUT2D eigenvalue weighted by Gasteiger charge is -2.17. The molecule has 2 N–H and O–H groups in total. The standard InChI is InChI=1S/C11H16N2O2/c1-11(2,3)9-5-4-8(6-12-9)13-10(15)7-14/h4-6,14H,7H2,1-3H3,(H,13,15). The summed E-state index contributed by atoms with van der Waals surface area (Å²) in [6, 6.07) is 3.65. The number of aliphatic hydroxyl groups excluding tert-OH is 1. The van der Waals surface area contributed by atoms with Crippen LogP contribution in [0.4, 0.5) is 5.69 Å². The third-order valence-electron chi connectivity index (χ3n) is 1.96. The predicted octanol–water partition coefficient (Wildman–Crippen LogP) is 1.31. The van der Waals surface area contributed by atoms with Crippen LogP contribution in [-0.2, 0) is 10.2 Å². The Kier molecular flexibility index (Phi) is 3.42. The maximum atomic E-state index is 10.9. The smallest absolute Gasteiger partial charge is 0.250 e. The number of amides is 1. The van der Waals surface area contributed by atoms with Crippen LogP contribution in [0.1, 0.15) is 26.5 Å². The molecule has 1 aromatic rings. The van der Waals surface area contributed by atoms with E-state index in [0.717, 1.165) is 5.69 Å². The minimum Gasteiger partial charge on any atom is -0.387 e. The highest BCUT2D eigenvalue weighted by Crippen LogP contribution is 2.20. The molecule has 0 atom stereocenters. The molecule has 0 fully saturated rings.